The van der Waals surface area contributed by atoms with Crippen molar-refractivity contribution in [2.45, 2.75) is 56.0 Å². The Morgan fingerprint density at radius 1 is 1.16 bits per heavy atom. The van der Waals surface area contributed by atoms with E-state index in [-0.39, 0.29) is 5.91 Å². The summed E-state index contributed by atoms with van der Waals surface area (Å²) in [4.78, 5) is 12.2. The molecule has 2 fully saturated rings. The molecule has 3 rings (SSSR count). The SMILES string of the molecule is NC1(C(=O)NC2CC(c3ccccc3)C2)CCCC1. The summed E-state index contributed by atoms with van der Waals surface area (Å²) in [5.74, 6) is 0.672. The predicted octanol–water partition coefficient (Wildman–Crippen LogP) is 2.32. The van der Waals surface area contributed by atoms with E-state index in [1.807, 2.05) is 6.07 Å². The molecule has 0 bridgehead atoms. The molecule has 2 aliphatic rings. The molecule has 2 aliphatic carbocycles. The van der Waals surface area contributed by atoms with Crippen molar-refractivity contribution in [2.24, 2.45) is 5.73 Å². The summed E-state index contributed by atoms with van der Waals surface area (Å²) in [6.45, 7) is 0. The van der Waals surface area contributed by atoms with Gasteiger partial charge in [0.15, 0.2) is 0 Å². The van der Waals surface area contributed by atoms with E-state index in [0.29, 0.717) is 12.0 Å². The quantitative estimate of drug-likeness (QED) is 0.874. The zero-order valence-electron chi connectivity index (χ0n) is 11.3. The fourth-order valence-corrected chi connectivity index (χ4v) is 3.30. The highest BCUT2D eigenvalue weighted by molar-refractivity contribution is 5.86. The van der Waals surface area contributed by atoms with Gasteiger partial charge in [-0.05, 0) is 37.2 Å². The summed E-state index contributed by atoms with van der Waals surface area (Å²) in [5.41, 5.74) is 6.96. The first-order chi connectivity index (χ1) is 9.17. The fourth-order valence-electron chi connectivity index (χ4n) is 3.30. The highest BCUT2D eigenvalue weighted by Crippen LogP contribution is 2.37. The van der Waals surface area contributed by atoms with E-state index in [2.05, 4.69) is 29.6 Å². The molecule has 3 nitrogen and oxygen atoms in total. The molecule has 1 aromatic rings. The number of carbonyl (C=O) groups is 1. The van der Waals surface area contributed by atoms with Crippen LogP contribution in [-0.4, -0.2) is 17.5 Å². The van der Waals surface area contributed by atoms with Crippen LogP contribution in [0, 0.1) is 0 Å². The Balaban J connectivity index is 1.50. The van der Waals surface area contributed by atoms with E-state index < -0.39 is 5.54 Å². The first kappa shape index (κ1) is 12.7. The minimum atomic E-state index is -0.585. The monoisotopic (exact) mass is 258 g/mol. The Hall–Kier alpha value is -1.35. The molecule has 0 heterocycles. The van der Waals surface area contributed by atoms with Crippen LogP contribution in [0.5, 0.6) is 0 Å². The lowest BCUT2D eigenvalue weighted by Gasteiger charge is -2.38. The summed E-state index contributed by atoms with van der Waals surface area (Å²) < 4.78 is 0. The van der Waals surface area contributed by atoms with Crippen molar-refractivity contribution >= 4 is 5.91 Å². The van der Waals surface area contributed by atoms with Gasteiger partial charge in [0.25, 0.3) is 0 Å². The third-order valence-electron chi connectivity index (χ3n) is 4.69. The van der Waals surface area contributed by atoms with Crippen molar-refractivity contribution in [1.82, 2.24) is 5.32 Å². The first-order valence-electron chi connectivity index (χ1n) is 7.32. The molecule has 1 amide bonds. The van der Waals surface area contributed by atoms with E-state index >= 15 is 0 Å². The molecule has 0 aromatic heterocycles. The Kier molecular flexibility index (Phi) is 3.31. The van der Waals surface area contributed by atoms with Crippen molar-refractivity contribution in [1.29, 1.82) is 0 Å². The molecule has 0 atom stereocenters. The number of amides is 1. The van der Waals surface area contributed by atoms with Crippen LogP contribution in [0.1, 0.15) is 50.0 Å². The van der Waals surface area contributed by atoms with Crippen molar-refractivity contribution in [3.8, 4) is 0 Å². The van der Waals surface area contributed by atoms with Gasteiger partial charge < -0.3 is 11.1 Å². The van der Waals surface area contributed by atoms with Crippen LogP contribution in [0.2, 0.25) is 0 Å². The second-order valence-corrected chi connectivity index (χ2v) is 6.11. The molecule has 19 heavy (non-hydrogen) atoms. The fraction of sp³-hybridized carbons (Fsp3) is 0.562. The Bertz CT molecular complexity index is 445. The molecule has 0 unspecified atom stereocenters. The van der Waals surface area contributed by atoms with Gasteiger partial charge >= 0.3 is 0 Å². The van der Waals surface area contributed by atoms with Gasteiger partial charge in [-0.1, -0.05) is 43.2 Å². The maximum absolute atomic E-state index is 12.2. The largest absolute Gasteiger partial charge is 0.352 e. The molecule has 3 heteroatoms. The van der Waals surface area contributed by atoms with E-state index in [1.54, 1.807) is 0 Å². The normalized spacial score (nSPS) is 28.7. The smallest absolute Gasteiger partial charge is 0.240 e. The number of carbonyl (C=O) groups excluding carboxylic acids is 1. The minimum Gasteiger partial charge on any atom is -0.352 e. The van der Waals surface area contributed by atoms with Gasteiger partial charge in [0.1, 0.15) is 0 Å². The van der Waals surface area contributed by atoms with Gasteiger partial charge in [0.05, 0.1) is 5.54 Å². The standard InChI is InChI=1S/C16H22N2O/c17-16(8-4-5-9-16)15(19)18-14-10-13(11-14)12-6-2-1-3-7-12/h1-3,6-7,13-14H,4-5,8-11,17H2,(H,18,19). The average molecular weight is 258 g/mol. The molecule has 0 saturated heterocycles. The Morgan fingerprint density at radius 2 is 1.79 bits per heavy atom. The molecule has 0 aliphatic heterocycles. The highest BCUT2D eigenvalue weighted by Gasteiger charge is 2.40. The van der Waals surface area contributed by atoms with E-state index in [9.17, 15) is 4.79 Å². The van der Waals surface area contributed by atoms with Crippen LogP contribution in [0.25, 0.3) is 0 Å². The topological polar surface area (TPSA) is 55.1 Å². The van der Waals surface area contributed by atoms with Gasteiger partial charge in [-0.25, -0.2) is 0 Å². The molecule has 0 spiro atoms. The van der Waals surface area contributed by atoms with Crippen LogP contribution < -0.4 is 11.1 Å². The molecule has 1 aromatic carbocycles. The molecular formula is C16H22N2O. The van der Waals surface area contributed by atoms with E-state index in [4.69, 9.17) is 5.73 Å². The van der Waals surface area contributed by atoms with Crippen LogP contribution in [0.4, 0.5) is 0 Å². The van der Waals surface area contributed by atoms with E-state index in [1.165, 1.54) is 5.56 Å². The lowest BCUT2D eigenvalue weighted by molar-refractivity contribution is -0.127. The summed E-state index contributed by atoms with van der Waals surface area (Å²) in [6, 6.07) is 10.9. The van der Waals surface area contributed by atoms with Gasteiger partial charge in [0, 0.05) is 6.04 Å². The summed E-state index contributed by atoms with van der Waals surface area (Å²) in [5, 5.41) is 3.13. The number of nitrogens with two attached hydrogens (primary N) is 1. The Labute approximate surface area is 114 Å². The number of benzene rings is 1. The molecular weight excluding hydrogens is 236 g/mol. The van der Waals surface area contributed by atoms with Crippen LogP contribution in [0.15, 0.2) is 30.3 Å². The number of rotatable bonds is 3. The third kappa shape index (κ3) is 2.52. The van der Waals surface area contributed by atoms with Gasteiger partial charge in [0.2, 0.25) is 5.91 Å². The first-order valence-corrected chi connectivity index (χ1v) is 7.32. The van der Waals surface area contributed by atoms with Crippen molar-refractivity contribution < 1.29 is 4.79 Å². The minimum absolute atomic E-state index is 0.0708. The lowest BCUT2D eigenvalue weighted by atomic mass is 9.75. The summed E-state index contributed by atoms with van der Waals surface area (Å²) >= 11 is 0. The number of hydrogen-bond acceptors (Lipinski definition) is 2. The maximum Gasteiger partial charge on any atom is 0.240 e. The van der Waals surface area contributed by atoms with E-state index in [0.717, 1.165) is 38.5 Å². The average Bonchev–Trinajstić information content (AvgIpc) is 2.82. The number of nitrogens with one attached hydrogen (secondary N) is 1. The second kappa shape index (κ2) is 4.97. The second-order valence-electron chi connectivity index (χ2n) is 6.11. The molecule has 3 N–H and O–H groups in total. The van der Waals surface area contributed by atoms with Crippen LogP contribution >= 0.6 is 0 Å². The number of hydrogen-bond donors (Lipinski definition) is 2. The van der Waals surface area contributed by atoms with Crippen LogP contribution in [-0.2, 0) is 4.79 Å². The van der Waals surface area contributed by atoms with Gasteiger partial charge in [-0.2, -0.15) is 0 Å². The molecule has 2 saturated carbocycles. The summed E-state index contributed by atoms with van der Waals surface area (Å²) in [7, 11) is 0. The van der Waals surface area contributed by atoms with Crippen LogP contribution in [0.3, 0.4) is 0 Å². The molecule has 0 radical (unpaired) electrons. The van der Waals surface area contributed by atoms with Crippen molar-refractivity contribution in [2.75, 3.05) is 0 Å². The van der Waals surface area contributed by atoms with Gasteiger partial charge in [-0.3, -0.25) is 4.79 Å². The predicted molar refractivity (Wildman–Crippen MR) is 75.7 cm³/mol. The van der Waals surface area contributed by atoms with Crippen molar-refractivity contribution in [3.05, 3.63) is 35.9 Å². The summed E-state index contributed by atoms with van der Waals surface area (Å²) in [6.07, 6.45) is 5.95. The molecule has 102 valence electrons. The lowest BCUT2D eigenvalue weighted by Crippen LogP contribution is -2.56. The maximum atomic E-state index is 12.2. The zero-order valence-corrected chi connectivity index (χ0v) is 11.3. The highest BCUT2D eigenvalue weighted by atomic mass is 16.2. The van der Waals surface area contributed by atoms with Crippen molar-refractivity contribution in [3.63, 3.8) is 0 Å². The third-order valence-corrected chi connectivity index (χ3v) is 4.69. The van der Waals surface area contributed by atoms with Gasteiger partial charge in [-0.15, -0.1) is 0 Å². The Morgan fingerprint density at radius 3 is 2.42 bits per heavy atom. The zero-order chi connectivity index (χ0) is 13.3.